The smallest absolute Gasteiger partial charge is 0.191 e. The van der Waals surface area contributed by atoms with E-state index in [1.165, 1.54) is 5.56 Å². The third kappa shape index (κ3) is 9.77. The number of rotatable bonds is 12. The van der Waals surface area contributed by atoms with E-state index in [1.807, 2.05) is 19.1 Å². The Bertz CT molecular complexity index is 836. The second-order valence-electron chi connectivity index (χ2n) is 7.82. The maximum absolute atomic E-state index is 10.6. The molecule has 7 nitrogen and oxygen atoms in total. The number of aliphatic hydroxyl groups is 1. The van der Waals surface area contributed by atoms with Crippen LogP contribution < -0.4 is 20.1 Å². The van der Waals surface area contributed by atoms with Gasteiger partial charge in [0, 0.05) is 25.7 Å². The fourth-order valence-electron chi connectivity index (χ4n) is 3.33. The maximum atomic E-state index is 10.6. The summed E-state index contributed by atoms with van der Waals surface area (Å²) in [6.45, 7) is 6.97. The van der Waals surface area contributed by atoms with Gasteiger partial charge < -0.3 is 25.2 Å². The van der Waals surface area contributed by atoms with Crippen molar-refractivity contribution >= 4 is 29.9 Å². The predicted molar refractivity (Wildman–Crippen MR) is 146 cm³/mol. The summed E-state index contributed by atoms with van der Waals surface area (Å²) in [5.41, 5.74) is 2.05. The van der Waals surface area contributed by atoms with E-state index in [2.05, 4.69) is 58.8 Å². The van der Waals surface area contributed by atoms with E-state index in [9.17, 15) is 5.11 Å². The summed E-state index contributed by atoms with van der Waals surface area (Å²) in [5.74, 6) is 1.92. The van der Waals surface area contributed by atoms with Crippen molar-refractivity contribution in [3.8, 4) is 11.5 Å². The van der Waals surface area contributed by atoms with Crippen LogP contribution in [0.15, 0.2) is 53.5 Å². The van der Waals surface area contributed by atoms with Crippen molar-refractivity contribution in [1.29, 1.82) is 0 Å². The number of guanidine groups is 1. The molecule has 0 heterocycles. The number of methoxy groups -OCH3 is 2. The molecule has 0 aromatic heterocycles. The number of benzene rings is 2. The Balaban J connectivity index is 0.00000544. The number of aliphatic hydroxyl groups excluding tert-OH is 1. The van der Waals surface area contributed by atoms with Gasteiger partial charge in [0.05, 0.1) is 26.9 Å². The Labute approximate surface area is 215 Å². The molecule has 0 aliphatic heterocycles. The van der Waals surface area contributed by atoms with Gasteiger partial charge >= 0.3 is 0 Å². The van der Waals surface area contributed by atoms with Gasteiger partial charge in [0.15, 0.2) is 17.5 Å². The topological polar surface area (TPSA) is 78.4 Å². The zero-order chi connectivity index (χ0) is 23.3. The summed E-state index contributed by atoms with van der Waals surface area (Å²) < 4.78 is 10.6. The van der Waals surface area contributed by atoms with Crippen molar-refractivity contribution in [3.05, 3.63) is 59.7 Å². The molecule has 184 valence electrons. The van der Waals surface area contributed by atoms with Gasteiger partial charge in [-0.05, 0) is 50.6 Å². The van der Waals surface area contributed by atoms with E-state index in [-0.39, 0.29) is 30.5 Å². The van der Waals surface area contributed by atoms with Crippen LogP contribution in [0.3, 0.4) is 0 Å². The summed E-state index contributed by atoms with van der Waals surface area (Å²) >= 11 is 0. The molecule has 0 fully saturated rings. The summed E-state index contributed by atoms with van der Waals surface area (Å²) in [6, 6.07) is 16.3. The van der Waals surface area contributed by atoms with E-state index < -0.39 is 6.10 Å². The molecule has 2 rings (SSSR count). The first kappa shape index (κ1) is 29.0. The first-order chi connectivity index (χ1) is 15.5. The molecule has 0 amide bonds. The standard InChI is InChI=1S/C25H38N4O3.HI/c1-6-26-25(27-15-14-19(2)29(3)18-20-10-8-7-9-11-20)28-17-22(30)21-12-13-23(31-4)24(16-21)32-5;/h7-13,16,19,22,30H,6,14-15,17-18H2,1-5H3,(H2,26,27,28);1H. The second-order valence-corrected chi connectivity index (χ2v) is 7.82. The van der Waals surface area contributed by atoms with Crippen LogP contribution in [-0.2, 0) is 6.54 Å². The minimum Gasteiger partial charge on any atom is -0.493 e. The summed E-state index contributed by atoms with van der Waals surface area (Å²) in [5, 5.41) is 17.2. The van der Waals surface area contributed by atoms with E-state index in [4.69, 9.17) is 9.47 Å². The fourth-order valence-corrected chi connectivity index (χ4v) is 3.33. The Morgan fingerprint density at radius 3 is 2.39 bits per heavy atom. The molecule has 33 heavy (non-hydrogen) atoms. The first-order valence-electron chi connectivity index (χ1n) is 11.1. The van der Waals surface area contributed by atoms with E-state index in [0.29, 0.717) is 23.5 Å². The minimum atomic E-state index is -0.735. The number of hydrogen-bond donors (Lipinski definition) is 3. The van der Waals surface area contributed by atoms with Crippen LogP contribution in [0.4, 0.5) is 0 Å². The lowest BCUT2D eigenvalue weighted by Crippen LogP contribution is -2.40. The second kappa shape index (κ2) is 15.7. The lowest BCUT2D eigenvalue weighted by Gasteiger charge is -2.25. The Morgan fingerprint density at radius 2 is 1.76 bits per heavy atom. The maximum Gasteiger partial charge on any atom is 0.191 e. The predicted octanol–water partition coefficient (Wildman–Crippen LogP) is 3.82. The number of nitrogens with zero attached hydrogens (tertiary/aromatic N) is 2. The fraction of sp³-hybridized carbons (Fsp3) is 0.480. The number of aliphatic imine (C=N–C) groups is 1. The average Bonchev–Trinajstić information content (AvgIpc) is 2.82. The van der Waals surface area contributed by atoms with Crippen LogP contribution in [0.1, 0.15) is 37.5 Å². The van der Waals surface area contributed by atoms with Gasteiger partial charge in [-0.15, -0.1) is 24.0 Å². The number of hydrogen-bond acceptors (Lipinski definition) is 5. The molecular formula is C25H39IN4O3. The molecular weight excluding hydrogens is 531 g/mol. The molecule has 0 radical (unpaired) electrons. The van der Waals surface area contributed by atoms with Gasteiger partial charge in [-0.25, -0.2) is 0 Å². The third-order valence-electron chi connectivity index (χ3n) is 5.44. The van der Waals surface area contributed by atoms with Crippen molar-refractivity contribution in [2.24, 2.45) is 4.99 Å². The van der Waals surface area contributed by atoms with Crippen molar-refractivity contribution in [3.63, 3.8) is 0 Å². The Hall–Kier alpha value is -2.04. The zero-order valence-electron chi connectivity index (χ0n) is 20.4. The highest BCUT2D eigenvalue weighted by molar-refractivity contribution is 14.0. The van der Waals surface area contributed by atoms with Gasteiger partial charge in [0.1, 0.15) is 0 Å². The monoisotopic (exact) mass is 570 g/mol. The van der Waals surface area contributed by atoms with Gasteiger partial charge in [-0.2, -0.15) is 0 Å². The molecule has 2 aromatic rings. The Kier molecular flexibility index (Phi) is 13.8. The van der Waals surface area contributed by atoms with Crippen LogP contribution in [0.25, 0.3) is 0 Å². The number of halogens is 1. The van der Waals surface area contributed by atoms with Crippen LogP contribution in [-0.4, -0.2) is 62.9 Å². The normalized spacial score (nSPS) is 13.1. The summed E-state index contributed by atoms with van der Waals surface area (Å²) in [4.78, 5) is 6.91. The summed E-state index contributed by atoms with van der Waals surface area (Å²) in [7, 11) is 5.32. The molecule has 0 saturated carbocycles. The van der Waals surface area contributed by atoms with Crippen molar-refractivity contribution < 1.29 is 14.6 Å². The largest absolute Gasteiger partial charge is 0.493 e. The van der Waals surface area contributed by atoms with E-state index >= 15 is 0 Å². The van der Waals surface area contributed by atoms with E-state index in [1.54, 1.807) is 26.4 Å². The first-order valence-corrected chi connectivity index (χ1v) is 11.1. The molecule has 0 saturated heterocycles. The van der Waals surface area contributed by atoms with Gasteiger partial charge in [0.2, 0.25) is 0 Å². The molecule has 8 heteroatoms. The van der Waals surface area contributed by atoms with E-state index in [0.717, 1.165) is 31.6 Å². The van der Waals surface area contributed by atoms with Gasteiger partial charge in [0.25, 0.3) is 0 Å². The highest BCUT2D eigenvalue weighted by atomic mass is 127. The highest BCUT2D eigenvalue weighted by Gasteiger charge is 2.13. The molecule has 0 aliphatic rings. The highest BCUT2D eigenvalue weighted by Crippen LogP contribution is 2.30. The molecule has 0 bridgehead atoms. The SMILES string of the molecule is CCNC(=NCC(O)c1ccc(OC)c(OC)c1)NCCC(C)N(C)Cc1ccccc1.I. The van der Waals surface area contributed by atoms with Crippen LogP contribution in [0, 0.1) is 0 Å². The van der Waals surface area contributed by atoms with Crippen molar-refractivity contribution in [2.45, 2.75) is 39.0 Å². The van der Waals surface area contributed by atoms with Gasteiger partial charge in [-0.3, -0.25) is 9.89 Å². The van der Waals surface area contributed by atoms with Crippen LogP contribution in [0.5, 0.6) is 11.5 Å². The molecule has 2 unspecified atom stereocenters. The van der Waals surface area contributed by atoms with Crippen LogP contribution >= 0.6 is 24.0 Å². The minimum absolute atomic E-state index is 0. The van der Waals surface area contributed by atoms with Crippen molar-refractivity contribution in [2.75, 3.05) is 40.9 Å². The lowest BCUT2D eigenvalue weighted by atomic mass is 10.1. The molecule has 2 atom stereocenters. The molecule has 3 N–H and O–H groups in total. The van der Waals surface area contributed by atoms with Crippen LogP contribution in [0.2, 0.25) is 0 Å². The molecule has 0 spiro atoms. The Morgan fingerprint density at radius 1 is 1.06 bits per heavy atom. The zero-order valence-corrected chi connectivity index (χ0v) is 22.7. The quantitative estimate of drug-likeness (QED) is 0.205. The van der Waals surface area contributed by atoms with Gasteiger partial charge in [-0.1, -0.05) is 36.4 Å². The third-order valence-corrected chi connectivity index (χ3v) is 5.44. The molecule has 0 aliphatic carbocycles. The lowest BCUT2D eigenvalue weighted by molar-refractivity contribution is 0.186. The average molecular weight is 571 g/mol. The molecule has 2 aromatic carbocycles. The summed E-state index contributed by atoms with van der Waals surface area (Å²) in [6.07, 6.45) is 0.243. The number of ether oxygens (including phenoxy) is 2. The number of nitrogens with one attached hydrogen (secondary N) is 2. The van der Waals surface area contributed by atoms with Crippen molar-refractivity contribution in [1.82, 2.24) is 15.5 Å².